The number of ether oxygens (including phenoxy) is 1. The summed E-state index contributed by atoms with van der Waals surface area (Å²) in [6.07, 6.45) is -0.412. The van der Waals surface area contributed by atoms with Crippen LogP contribution in [0.5, 0.6) is 0 Å². The van der Waals surface area contributed by atoms with Gasteiger partial charge in [-0.25, -0.2) is 0 Å². The minimum Gasteiger partial charge on any atom is -0.366 e. The number of rotatable bonds is 5. The second-order valence-corrected chi connectivity index (χ2v) is 5.04. The number of aromatic nitrogens is 1. The van der Waals surface area contributed by atoms with E-state index in [1.807, 2.05) is 50.2 Å². The summed E-state index contributed by atoms with van der Waals surface area (Å²) >= 11 is 0. The summed E-state index contributed by atoms with van der Waals surface area (Å²) in [4.78, 5) is 16.4. The van der Waals surface area contributed by atoms with Gasteiger partial charge >= 0.3 is 0 Å². The van der Waals surface area contributed by atoms with Crippen LogP contribution in [0.25, 0.3) is 10.9 Å². The third-order valence-corrected chi connectivity index (χ3v) is 2.95. The molecule has 20 heavy (non-hydrogen) atoms. The number of nitrogens with zero attached hydrogens (tertiary/aromatic N) is 1. The van der Waals surface area contributed by atoms with E-state index >= 15 is 0 Å². The molecule has 106 valence electrons. The molecular weight excluding hydrogens is 252 g/mol. The van der Waals surface area contributed by atoms with E-state index in [0.717, 1.165) is 16.6 Å². The highest BCUT2D eigenvalue weighted by Gasteiger charge is 2.14. The highest BCUT2D eigenvalue weighted by Crippen LogP contribution is 2.11. The highest BCUT2D eigenvalue weighted by atomic mass is 16.5. The smallest absolute Gasteiger partial charge is 0.249 e. The Morgan fingerprint density at radius 3 is 2.70 bits per heavy atom. The van der Waals surface area contributed by atoms with Crippen molar-refractivity contribution in [3.63, 3.8) is 0 Å². The number of hydrogen-bond donors (Lipinski definition) is 1. The molecule has 0 aliphatic heterocycles. The summed E-state index contributed by atoms with van der Waals surface area (Å²) in [7, 11) is 0. The molecule has 1 aromatic carbocycles. The second-order valence-electron chi connectivity index (χ2n) is 5.04. The summed E-state index contributed by atoms with van der Waals surface area (Å²) in [6.45, 7) is 5.99. The molecule has 2 rings (SSSR count). The van der Waals surface area contributed by atoms with Gasteiger partial charge < -0.3 is 10.1 Å². The summed E-state index contributed by atoms with van der Waals surface area (Å²) < 4.78 is 5.44. The van der Waals surface area contributed by atoms with Gasteiger partial charge in [0.1, 0.15) is 6.10 Å². The molecule has 0 bridgehead atoms. The van der Waals surface area contributed by atoms with Crippen molar-refractivity contribution < 1.29 is 9.53 Å². The van der Waals surface area contributed by atoms with E-state index in [2.05, 4.69) is 10.3 Å². The van der Waals surface area contributed by atoms with Crippen LogP contribution in [0.4, 0.5) is 0 Å². The maximum atomic E-state index is 11.9. The average Bonchev–Trinajstić information content (AvgIpc) is 2.43. The van der Waals surface area contributed by atoms with E-state index in [9.17, 15) is 4.79 Å². The Balaban J connectivity index is 1.97. The quantitative estimate of drug-likeness (QED) is 0.910. The monoisotopic (exact) mass is 272 g/mol. The van der Waals surface area contributed by atoms with Crippen LogP contribution >= 0.6 is 0 Å². The molecule has 4 heteroatoms. The molecule has 0 radical (unpaired) electrons. The largest absolute Gasteiger partial charge is 0.366 e. The summed E-state index contributed by atoms with van der Waals surface area (Å²) in [6, 6.07) is 11.9. The van der Waals surface area contributed by atoms with Gasteiger partial charge in [-0.2, -0.15) is 0 Å². The standard InChI is InChI=1S/C16H20N2O2/c1-11(2)20-12(3)16(19)17-10-14-9-8-13-6-4-5-7-15(13)18-14/h4-9,11-12H,10H2,1-3H3,(H,17,19)/t12-/m0/s1. The lowest BCUT2D eigenvalue weighted by molar-refractivity contribution is -0.134. The van der Waals surface area contributed by atoms with Gasteiger partial charge in [0.25, 0.3) is 0 Å². The number of carbonyl (C=O) groups excluding carboxylic acids is 1. The van der Waals surface area contributed by atoms with Gasteiger partial charge in [-0.05, 0) is 32.9 Å². The van der Waals surface area contributed by atoms with Crippen LogP contribution in [0.2, 0.25) is 0 Å². The van der Waals surface area contributed by atoms with Crippen molar-refractivity contribution in [2.45, 2.75) is 39.5 Å². The predicted octanol–water partition coefficient (Wildman–Crippen LogP) is 2.66. The molecule has 0 unspecified atom stereocenters. The van der Waals surface area contributed by atoms with E-state index < -0.39 is 6.10 Å². The molecule has 1 N–H and O–H groups in total. The van der Waals surface area contributed by atoms with Crippen molar-refractivity contribution in [3.8, 4) is 0 Å². The average molecular weight is 272 g/mol. The molecule has 1 amide bonds. The molecule has 0 aliphatic rings. The fourth-order valence-corrected chi connectivity index (χ4v) is 2.00. The maximum absolute atomic E-state index is 11.9. The third kappa shape index (κ3) is 3.78. The lowest BCUT2D eigenvalue weighted by Gasteiger charge is -2.15. The van der Waals surface area contributed by atoms with Gasteiger partial charge in [-0.3, -0.25) is 9.78 Å². The molecule has 0 saturated heterocycles. The Morgan fingerprint density at radius 2 is 1.95 bits per heavy atom. The van der Waals surface area contributed by atoms with Crippen LogP contribution in [-0.2, 0) is 16.1 Å². The van der Waals surface area contributed by atoms with Gasteiger partial charge in [-0.1, -0.05) is 24.3 Å². The lowest BCUT2D eigenvalue weighted by atomic mass is 10.2. The van der Waals surface area contributed by atoms with Gasteiger partial charge in [0.2, 0.25) is 5.91 Å². The van der Waals surface area contributed by atoms with Crippen LogP contribution in [0, 0.1) is 0 Å². The van der Waals surface area contributed by atoms with Gasteiger partial charge in [0.05, 0.1) is 23.9 Å². The normalized spacial score (nSPS) is 12.6. The fraction of sp³-hybridized carbons (Fsp3) is 0.375. The van der Waals surface area contributed by atoms with Crippen molar-refractivity contribution in [2.75, 3.05) is 0 Å². The van der Waals surface area contributed by atoms with E-state index in [0.29, 0.717) is 6.54 Å². The van der Waals surface area contributed by atoms with Gasteiger partial charge in [0.15, 0.2) is 0 Å². The number of amides is 1. The number of pyridine rings is 1. The summed E-state index contributed by atoms with van der Waals surface area (Å²) in [5, 5.41) is 3.94. The number of benzene rings is 1. The van der Waals surface area contributed by atoms with Crippen molar-refractivity contribution >= 4 is 16.8 Å². The molecule has 1 aromatic heterocycles. The summed E-state index contributed by atoms with van der Waals surface area (Å²) in [5.74, 6) is -0.117. The van der Waals surface area contributed by atoms with Crippen LogP contribution < -0.4 is 5.32 Å². The molecule has 4 nitrogen and oxygen atoms in total. The Kier molecular flexibility index (Phi) is 4.69. The first-order valence-electron chi connectivity index (χ1n) is 6.84. The Bertz CT molecular complexity index is 596. The van der Waals surface area contributed by atoms with Gasteiger partial charge in [-0.15, -0.1) is 0 Å². The first-order valence-corrected chi connectivity index (χ1v) is 6.84. The molecule has 1 heterocycles. The zero-order chi connectivity index (χ0) is 14.5. The van der Waals surface area contributed by atoms with E-state index in [-0.39, 0.29) is 12.0 Å². The van der Waals surface area contributed by atoms with Crippen molar-refractivity contribution in [1.29, 1.82) is 0 Å². The van der Waals surface area contributed by atoms with Crippen LogP contribution in [-0.4, -0.2) is 23.1 Å². The molecule has 0 aliphatic carbocycles. The lowest BCUT2D eigenvalue weighted by Crippen LogP contribution is -2.35. The van der Waals surface area contributed by atoms with Crippen LogP contribution in [0.1, 0.15) is 26.5 Å². The molecule has 0 fully saturated rings. The zero-order valence-electron chi connectivity index (χ0n) is 12.1. The fourth-order valence-electron chi connectivity index (χ4n) is 2.00. The van der Waals surface area contributed by atoms with Crippen LogP contribution in [0.15, 0.2) is 36.4 Å². The topological polar surface area (TPSA) is 51.2 Å². The number of fused-ring (bicyclic) bond motifs is 1. The second kappa shape index (κ2) is 6.48. The van der Waals surface area contributed by atoms with E-state index in [4.69, 9.17) is 4.74 Å². The minimum atomic E-state index is -0.449. The van der Waals surface area contributed by atoms with Crippen LogP contribution in [0.3, 0.4) is 0 Å². The molecule has 0 spiro atoms. The number of carbonyl (C=O) groups is 1. The molecule has 2 aromatic rings. The zero-order valence-corrected chi connectivity index (χ0v) is 12.1. The Hall–Kier alpha value is -1.94. The Labute approximate surface area is 119 Å². The first kappa shape index (κ1) is 14.5. The van der Waals surface area contributed by atoms with Crippen molar-refractivity contribution in [3.05, 3.63) is 42.1 Å². The predicted molar refractivity (Wildman–Crippen MR) is 79.3 cm³/mol. The number of para-hydroxylation sites is 1. The van der Waals surface area contributed by atoms with Crippen molar-refractivity contribution in [2.24, 2.45) is 0 Å². The molecular formula is C16H20N2O2. The minimum absolute atomic E-state index is 0.0366. The van der Waals surface area contributed by atoms with E-state index in [1.54, 1.807) is 6.92 Å². The summed E-state index contributed by atoms with van der Waals surface area (Å²) in [5.41, 5.74) is 1.78. The molecule has 0 saturated carbocycles. The van der Waals surface area contributed by atoms with E-state index in [1.165, 1.54) is 0 Å². The first-order chi connectivity index (χ1) is 9.56. The maximum Gasteiger partial charge on any atom is 0.249 e. The highest BCUT2D eigenvalue weighted by molar-refractivity contribution is 5.80. The number of hydrogen-bond acceptors (Lipinski definition) is 3. The Morgan fingerprint density at radius 1 is 1.20 bits per heavy atom. The SMILES string of the molecule is CC(C)O[C@@H](C)C(=O)NCc1ccc2ccccc2n1. The van der Waals surface area contributed by atoms with Gasteiger partial charge in [0, 0.05) is 5.39 Å². The molecule has 1 atom stereocenters. The number of nitrogens with one attached hydrogen (secondary N) is 1. The van der Waals surface area contributed by atoms with Crippen molar-refractivity contribution in [1.82, 2.24) is 10.3 Å². The third-order valence-electron chi connectivity index (χ3n) is 2.95.